The maximum absolute atomic E-state index is 12.8. The molecule has 0 N–H and O–H groups in total. The van der Waals surface area contributed by atoms with Crippen LogP contribution in [-0.4, -0.2) is 63.5 Å². The fourth-order valence-corrected chi connectivity index (χ4v) is 4.02. The molecule has 1 atom stereocenters. The van der Waals surface area contributed by atoms with Gasteiger partial charge in [0.1, 0.15) is 0 Å². The van der Waals surface area contributed by atoms with Crippen molar-refractivity contribution in [2.45, 2.75) is 38.7 Å². The molecule has 0 radical (unpaired) electrons. The molecule has 1 aromatic rings. The number of methoxy groups -OCH3 is 2. The van der Waals surface area contributed by atoms with Gasteiger partial charge in [0.25, 0.3) is 0 Å². The van der Waals surface area contributed by atoms with Crippen molar-refractivity contribution < 1.29 is 33.3 Å². The molecule has 174 valence electrons. The fraction of sp³-hybridized carbons (Fsp3) is 0.500. The van der Waals surface area contributed by atoms with Gasteiger partial charge in [0.05, 0.1) is 50.6 Å². The summed E-state index contributed by atoms with van der Waals surface area (Å²) in [5.41, 5.74) is 1.36. The van der Waals surface area contributed by atoms with Crippen molar-refractivity contribution in [2.24, 2.45) is 0 Å². The zero-order valence-electron chi connectivity index (χ0n) is 19.1. The summed E-state index contributed by atoms with van der Waals surface area (Å²) in [4.78, 5) is 27.4. The van der Waals surface area contributed by atoms with Crippen LogP contribution < -0.4 is 9.47 Å². The van der Waals surface area contributed by atoms with E-state index in [9.17, 15) is 9.59 Å². The highest BCUT2D eigenvalue weighted by Crippen LogP contribution is 2.40. The Bertz CT molecular complexity index is 852. The van der Waals surface area contributed by atoms with E-state index in [1.165, 1.54) is 14.2 Å². The fourth-order valence-electron chi connectivity index (χ4n) is 4.02. The molecule has 2 aliphatic rings. The number of esters is 2. The van der Waals surface area contributed by atoms with Crippen LogP contribution in [0, 0.1) is 0 Å². The zero-order valence-corrected chi connectivity index (χ0v) is 19.1. The minimum Gasteiger partial charge on any atom is -0.490 e. The quantitative estimate of drug-likeness (QED) is 0.536. The molecule has 0 amide bonds. The van der Waals surface area contributed by atoms with E-state index in [-0.39, 0.29) is 6.10 Å². The van der Waals surface area contributed by atoms with Gasteiger partial charge in [0.2, 0.25) is 0 Å². The van der Waals surface area contributed by atoms with E-state index in [0.29, 0.717) is 54.6 Å². The zero-order chi connectivity index (χ0) is 23.1. The summed E-state index contributed by atoms with van der Waals surface area (Å²) in [6, 6.07) is 5.40. The Kier molecular flexibility index (Phi) is 8.16. The Morgan fingerprint density at radius 2 is 1.62 bits per heavy atom. The van der Waals surface area contributed by atoms with Gasteiger partial charge in [-0.05, 0) is 44.4 Å². The van der Waals surface area contributed by atoms with Gasteiger partial charge in [-0.25, -0.2) is 9.59 Å². The minimum atomic E-state index is -0.675. The molecule has 32 heavy (non-hydrogen) atoms. The number of hydrogen-bond donors (Lipinski definition) is 0. The summed E-state index contributed by atoms with van der Waals surface area (Å²) in [5, 5.41) is 0. The van der Waals surface area contributed by atoms with Crippen molar-refractivity contribution in [1.82, 2.24) is 4.90 Å². The minimum absolute atomic E-state index is 0.0341. The van der Waals surface area contributed by atoms with Crippen LogP contribution in [-0.2, 0) is 23.8 Å². The molecule has 1 aromatic carbocycles. The highest BCUT2D eigenvalue weighted by Gasteiger charge is 2.36. The van der Waals surface area contributed by atoms with Crippen molar-refractivity contribution >= 4 is 11.9 Å². The van der Waals surface area contributed by atoms with Crippen LogP contribution in [0.1, 0.15) is 38.2 Å². The highest BCUT2D eigenvalue weighted by molar-refractivity contribution is 5.98. The smallest absolute Gasteiger partial charge is 0.336 e. The maximum atomic E-state index is 12.8. The Hall–Kier alpha value is -3.00. The molecule has 0 aromatic heterocycles. The van der Waals surface area contributed by atoms with Gasteiger partial charge in [-0.1, -0.05) is 6.07 Å². The summed E-state index contributed by atoms with van der Waals surface area (Å²) in [7, 11) is 2.65. The first-order valence-electron chi connectivity index (χ1n) is 10.9. The van der Waals surface area contributed by atoms with Crippen LogP contribution in [0.3, 0.4) is 0 Å². The maximum Gasteiger partial charge on any atom is 0.336 e. The Labute approximate surface area is 188 Å². The summed E-state index contributed by atoms with van der Waals surface area (Å²) < 4.78 is 27.3. The molecule has 1 saturated heterocycles. The summed E-state index contributed by atoms with van der Waals surface area (Å²) in [5.74, 6) is -0.573. The first kappa shape index (κ1) is 23.7. The molecule has 0 saturated carbocycles. The molecule has 0 bridgehead atoms. The first-order valence-corrected chi connectivity index (χ1v) is 10.9. The van der Waals surface area contributed by atoms with Gasteiger partial charge >= 0.3 is 11.9 Å². The largest absolute Gasteiger partial charge is 0.490 e. The molecule has 0 spiro atoms. The molecule has 2 heterocycles. The van der Waals surface area contributed by atoms with Gasteiger partial charge in [-0.2, -0.15) is 0 Å². The van der Waals surface area contributed by atoms with Crippen LogP contribution in [0.25, 0.3) is 0 Å². The average molecular weight is 446 g/mol. The number of nitrogens with zero attached hydrogens (tertiary/aromatic N) is 1. The van der Waals surface area contributed by atoms with Gasteiger partial charge < -0.3 is 28.6 Å². The molecular weight excluding hydrogens is 414 g/mol. The molecule has 0 aliphatic carbocycles. The van der Waals surface area contributed by atoms with E-state index in [4.69, 9.17) is 23.7 Å². The summed E-state index contributed by atoms with van der Waals surface area (Å²) in [6.45, 7) is 5.95. The predicted octanol–water partition coefficient (Wildman–Crippen LogP) is 3.18. The Balaban J connectivity index is 2.05. The second kappa shape index (κ2) is 11.0. The van der Waals surface area contributed by atoms with Crippen molar-refractivity contribution in [3.63, 3.8) is 0 Å². The number of ether oxygens (including phenoxy) is 5. The molecule has 0 unspecified atom stereocenters. The van der Waals surface area contributed by atoms with Crippen molar-refractivity contribution in [3.05, 3.63) is 47.3 Å². The number of rotatable bonds is 9. The van der Waals surface area contributed by atoms with Gasteiger partial charge in [-0.3, -0.25) is 0 Å². The van der Waals surface area contributed by atoms with Crippen molar-refractivity contribution in [3.8, 4) is 11.5 Å². The topological polar surface area (TPSA) is 83.5 Å². The normalized spacial score (nSPS) is 18.6. The van der Waals surface area contributed by atoms with Gasteiger partial charge in [0, 0.05) is 25.6 Å². The average Bonchev–Trinajstić information content (AvgIpc) is 3.32. The Morgan fingerprint density at radius 3 is 2.16 bits per heavy atom. The van der Waals surface area contributed by atoms with Crippen LogP contribution >= 0.6 is 0 Å². The lowest BCUT2D eigenvalue weighted by molar-refractivity contribution is -0.137. The van der Waals surface area contributed by atoms with Crippen LogP contribution in [0.2, 0.25) is 0 Å². The van der Waals surface area contributed by atoms with E-state index in [1.807, 2.05) is 24.8 Å². The number of carbonyl (C=O) groups is 2. The lowest BCUT2D eigenvalue weighted by Gasteiger charge is -2.31. The second-order valence-corrected chi connectivity index (χ2v) is 7.49. The molecule has 2 aliphatic heterocycles. The van der Waals surface area contributed by atoms with E-state index in [2.05, 4.69) is 0 Å². The van der Waals surface area contributed by atoms with Crippen LogP contribution in [0.4, 0.5) is 0 Å². The van der Waals surface area contributed by atoms with Gasteiger partial charge in [0.15, 0.2) is 11.5 Å². The van der Waals surface area contributed by atoms with Crippen LogP contribution in [0.15, 0.2) is 41.7 Å². The molecular formula is C24H31NO7. The SMILES string of the molecule is CCOc1ccc(C2C(C(=O)OC)=CN(C[C@@H]3CCCO3)C=C2C(=O)OC)cc1OCC. The first-order chi connectivity index (χ1) is 15.5. The molecule has 1 fully saturated rings. The van der Waals surface area contributed by atoms with Crippen LogP contribution in [0.5, 0.6) is 11.5 Å². The number of carbonyl (C=O) groups excluding carboxylic acids is 2. The van der Waals surface area contributed by atoms with E-state index in [1.54, 1.807) is 24.5 Å². The third-order valence-corrected chi connectivity index (χ3v) is 5.41. The molecule has 8 nitrogen and oxygen atoms in total. The van der Waals surface area contributed by atoms with E-state index < -0.39 is 17.9 Å². The third kappa shape index (κ3) is 5.24. The standard InChI is InChI=1S/C24H31NO7/c1-5-30-20-10-9-16(12-21(20)31-6-2)22-18(23(26)28-3)14-25(13-17-8-7-11-32-17)15-19(22)24(27)29-4/h9-10,12,14-15,17,22H,5-8,11,13H2,1-4H3/t17-/m0/s1. The predicted molar refractivity (Wildman–Crippen MR) is 117 cm³/mol. The summed E-state index contributed by atoms with van der Waals surface area (Å²) in [6.07, 6.45) is 5.41. The highest BCUT2D eigenvalue weighted by atomic mass is 16.5. The molecule has 3 rings (SSSR count). The second-order valence-electron chi connectivity index (χ2n) is 7.49. The number of benzene rings is 1. The lowest BCUT2D eigenvalue weighted by atomic mass is 9.83. The third-order valence-electron chi connectivity index (χ3n) is 5.41. The van der Waals surface area contributed by atoms with E-state index >= 15 is 0 Å². The molecule has 8 heteroatoms. The van der Waals surface area contributed by atoms with Crippen molar-refractivity contribution in [1.29, 1.82) is 0 Å². The summed E-state index contributed by atoms with van der Waals surface area (Å²) >= 11 is 0. The number of hydrogen-bond acceptors (Lipinski definition) is 8. The van der Waals surface area contributed by atoms with Gasteiger partial charge in [-0.15, -0.1) is 0 Å². The lowest BCUT2D eigenvalue weighted by Crippen LogP contribution is -2.32. The monoisotopic (exact) mass is 445 g/mol. The van der Waals surface area contributed by atoms with E-state index in [0.717, 1.165) is 12.8 Å². The van der Waals surface area contributed by atoms with Crippen molar-refractivity contribution in [2.75, 3.05) is 40.6 Å². The Morgan fingerprint density at radius 1 is 1.00 bits per heavy atom.